The van der Waals surface area contributed by atoms with Gasteiger partial charge in [-0.3, -0.25) is 0 Å². The third kappa shape index (κ3) is 7.39. The molecule has 0 bridgehead atoms. The molecule has 0 aliphatic rings. The van der Waals surface area contributed by atoms with E-state index in [0.29, 0.717) is 0 Å². The molecule has 0 saturated heterocycles. The van der Waals surface area contributed by atoms with Crippen molar-refractivity contribution in [3.05, 3.63) is 47.8 Å². The Labute approximate surface area is 166 Å². The van der Waals surface area contributed by atoms with Crippen LogP contribution < -0.4 is 4.57 Å². The van der Waals surface area contributed by atoms with Gasteiger partial charge in [0.15, 0.2) is 23.3 Å². The van der Waals surface area contributed by atoms with E-state index in [1.54, 1.807) is 0 Å². The number of nitrogens with zero attached hydrogens (tertiary/aromatic N) is 2. The molecular formula is C18H23F5N2O3S. The average molecular weight is 442 g/mol. The van der Waals surface area contributed by atoms with Crippen LogP contribution >= 0.6 is 0 Å². The standard InChI is InChI=1S/C12H23N2.C6HF5O3S/c1-3-4-5-6-7-8-9-14-11-10-13(2)12-14;7-1-2(8)4(10)6(15(12,13)14)5(11)3(1)9/h10-12H,3-9H2,1-2H3;(H,12,13,14)/q+1;/p-1. The zero-order valence-corrected chi connectivity index (χ0v) is 16.9. The average Bonchev–Trinajstić information content (AvgIpc) is 3.06. The maximum atomic E-state index is 12.6. The van der Waals surface area contributed by atoms with Crippen molar-refractivity contribution in [3.8, 4) is 0 Å². The fourth-order valence-corrected chi connectivity index (χ4v) is 3.13. The van der Waals surface area contributed by atoms with E-state index >= 15 is 0 Å². The lowest BCUT2D eigenvalue weighted by molar-refractivity contribution is -0.671. The summed E-state index contributed by atoms with van der Waals surface area (Å²) < 4.78 is 97.3. The van der Waals surface area contributed by atoms with E-state index in [-0.39, 0.29) is 0 Å². The number of imidazole rings is 1. The van der Waals surface area contributed by atoms with Gasteiger partial charge in [-0.25, -0.2) is 39.5 Å². The number of aryl methyl sites for hydroxylation is 2. The lowest BCUT2D eigenvalue weighted by Crippen LogP contribution is -2.23. The van der Waals surface area contributed by atoms with Gasteiger partial charge in [0.2, 0.25) is 12.1 Å². The minimum Gasteiger partial charge on any atom is -0.744 e. The Kier molecular flexibility index (Phi) is 9.71. The topological polar surface area (TPSA) is 66.0 Å². The first kappa shape index (κ1) is 25.0. The molecule has 0 spiro atoms. The molecule has 0 aliphatic heterocycles. The van der Waals surface area contributed by atoms with Gasteiger partial charge in [0, 0.05) is 0 Å². The van der Waals surface area contributed by atoms with E-state index in [9.17, 15) is 34.9 Å². The van der Waals surface area contributed by atoms with Gasteiger partial charge < -0.3 is 4.55 Å². The third-order valence-electron chi connectivity index (χ3n) is 4.01. The molecule has 1 aromatic heterocycles. The summed E-state index contributed by atoms with van der Waals surface area (Å²) in [5.74, 6) is -12.8. The molecule has 0 N–H and O–H groups in total. The summed E-state index contributed by atoms with van der Waals surface area (Å²) in [6.45, 7) is 3.44. The van der Waals surface area contributed by atoms with Crippen LogP contribution in [0.5, 0.6) is 0 Å². The van der Waals surface area contributed by atoms with Crippen molar-refractivity contribution < 1.29 is 39.5 Å². The summed E-state index contributed by atoms with van der Waals surface area (Å²) in [5.41, 5.74) is 0. The Balaban J connectivity index is 0.000000291. The highest BCUT2D eigenvalue weighted by molar-refractivity contribution is 7.85. The van der Waals surface area contributed by atoms with Gasteiger partial charge in [-0.15, -0.1) is 0 Å². The lowest BCUT2D eigenvalue weighted by atomic mass is 10.1. The van der Waals surface area contributed by atoms with Crippen molar-refractivity contribution in [3.63, 3.8) is 0 Å². The van der Waals surface area contributed by atoms with Gasteiger partial charge in [-0.2, -0.15) is 0 Å². The fraction of sp³-hybridized carbons (Fsp3) is 0.500. The Bertz CT molecular complexity index is 887. The van der Waals surface area contributed by atoms with Gasteiger partial charge in [0.1, 0.15) is 27.4 Å². The largest absolute Gasteiger partial charge is 0.744 e. The van der Waals surface area contributed by atoms with Crippen LogP contribution in [0.3, 0.4) is 0 Å². The number of benzene rings is 1. The van der Waals surface area contributed by atoms with E-state index in [0.717, 1.165) is 0 Å². The van der Waals surface area contributed by atoms with E-state index < -0.39 is 44.1 Å². The molecule has 0 saturated carbocycles. The van der Waals surface area contributed by atoms with E-state index in [2.05, 4.69) is 41.8 Å². The second kappa shape index (κ2) is 11.2. The fourth-order valence-electron chi connectivity index (χ4n) is 2.51. The summed E-state index contributed by atoms with van der Waals surface area (Å²) in [7, 11) is -3.71. The smallest absolute Gasteiger partial charge is 0.243 e. The van der Waals surface area contributed by atoms with Gasteiger partial charge in [-0.1, -0.05) is 32.6 Å². The van der Waals surface area contributed by atoms with Gasteiger partial charge in [-0.05, 0) is 12.8 Å². The highest BCUT2D eigenvalue weighted by Gasteiger charge is 2.28. The van der Waals surface area contributed by atoms with Crippen molar-refractivity contribution in [1.82, 2.24) is 4.57 Å². The number of hydrogen-bond acceptors (Lipinski definition) is 3. The van der Waals surface area contributed by atoms with Crippen LogP contribution in [0.1, 0.15) is 45.4 Å². The zero-order valence-electron chi connectivity index (χ0n) is 16.1. The van der Waals surface area contributed by atoms with Crippen LogP contribution in [0.2, 0.25) is 0 Å². The third-order valence-corrected chi connectivity index (χ3v) is 4.87. The molecule has 0 atom stereocenters. The number of halogens is 5. The maximum absolute atomic E-state index is 12.6. The molecule has 0 radical (unpaired) electrons. The minimum atomic E-state index is -5.77. The second-order valence-electron chi connectivity index (χ2n) is 6.44. The predicted molar refractivity (Wildman–Crippen MR) is 93.2 cm³/mol. The molecule has 164 valence electrons. The lowest BCUT2D eigenvalue weighted by Gasteiger charge is -2.10. The molecule has 29 heavy (non-hydrogen) atoms. The molecule has 0 aliphatic carbocycles. The van der Waals surface area contributed by atoms with Crippen LogP contribution in [-0.2, 0) is 23.7 Å². The minimum absolute atomic E-state index is 1.17. The molecule has 0 unspecified atom stereocenters. The van der Waals surface area contributed by atoms with Gasteiger partial charge in [0.25, 0.3) is 0 Å². The summed E-state index contributed by atoms with van der Waals surface area (Å²) >= 11 is 0. The first-order valence-electron chi connectivity index (χ1n) is 8.99. The molecular weight excluding hydrogens is 419 g/mol. The molecule has 1 aromatic carbocycles. The summed E-state index contributed by atoms with van der Waals surface area (Å²) in [5, 5.41) is 0. The van der Waals surface area contributed by atoms with Crippen LogP contribution in [-0.4, -0.2) is 17.5 Å². The summed E-state index contributed by atoms with van der Waals surface area (Å²) in [4.78, 5) is -2.38. The Hall–Kier alpha value is -2.01. The molecule has 5 nitrogen and oxygen atoms in total. The van der Waals surface area contributed by atoms with Crippen LogP contribution in [0.25, 0.3) is 0 Å². The van der Waals surface area contributed by atoms with Crippen molar-refractivity contribution in [2.24, 2.45) is 7.05 Å². The van der Waals surface area contributed by atoms with E-state index in [1.807, 2.05) is 0 Å². The number of aromatic nitrogens is 2. The van der Waals surface area contributed by atoms with Crippen LogP contribution in [0.15, 0.2) is 23.6 Å². The number of rotatable bonds is 8. The predicted octanol–water partition coefficient (Wildman–Crippen LogP) is 3.96. The van der Waals surface area contributed by atoms with Crippen molar-refractivity contribution in [1.29, 1.82) is 0 Å². The van der Waals surface area contributed by atoms with Gasteiger partial charge >= 0.3 is 0 Å². The van der Waals surface area contributed by atoms with Crippen molar-refractivity contribution in [2.45, 2.75) is 56.9 Å². The Morgan fingerprint density at radius 3 is 1.83 bits per heavy atom. The normalized spacial score (nSPS) is 11.3. The maximum Gasteiger partial charge on any atom is 0.243 e. The first-order valence-corrected chi connectivity index (χ1v) is 10.4. The van der Waals surface area contributed by atoms with Gasteiger partial charge in [0.05, 0.1) is 13.6 Å². The first-order chi connectivity index (χ1) is 13.5. The molecule has 0 amide bonds. The van der Waals surface area contributed by atoms with Crippen molar-refractivity contribution in [2.75, 3.05) is 0 Å². The molecule has 0 fully saturated rings. The second-order valence-corrected chi connectivity index (χ2v) is 7.75. The summed E-state index contributed by atoms with van der Waals surface area (Å²) in [6.07, 6.45) is 14.6. The number of hydrogen-bond donors (Lipinski definition) is 0. The van der Waals surface area contributed by atoms with E-state index in [4.69, 9.17) is 0 Å². The monoisotopic (exact) mass is 442 g/mol. The SMILES string of the molecule is CCCCCCCCn1cc[n+](C)c1.O=S(=O)([O-])c1c(F)c(F)c(F)c(F)c1F. The molecule has 11 heteroatoms. The quantitative estimate of drug-likeness (QED) is 0.155. The molecule has 1 heterocycles. The number of unbranched alkanes of at least 4 members (excludes halogenated alkanes) is 5. The highest BCUT2D eigenvalue weighted by Crippen LogP contribution is 2.26. The van der Waals surface area contributed by atoms with E-state index in [1.165, 1.54) is 45.1 Å². The summed E-state index contributed by atoms with van der Waals surface area (Å²) in [6, 6.07) is 0. The van der Waals surface area contributed by atoms with Crippen LogP contribution in [0.4, 0.5) is 22.0 Å². The Morgan fingerprint density at radius 2 is 1.38 bits per heavy atom. The highest BCUT2D eigenvalue weighted by atomic mass is 32.2. The zero-order chi connectivity index (χ0) is 22.2. The Morgan fingerprint density at radius 1 is 0.897 bits per heavy atom. The molecule has 2 aromatic rings. The van der Waals surface area contributed by atoms with Crippen molar-refractivity contribution >= 4 is 10.1 Å². The molecule has 2 rings (SSSR count). The van der Waals surface area contributed by atoms with Crippen LogP contribution in [0, 0.1) is 29.1 Å².